The summed E-state index contributed by atoms with van der Waals surface area (Å²) in [6, 6.07) is 4.37. The highest BCUT2D eigenvalue weighted by Gasteiger charge is 2.62. The van der Waals surface area contributed by atoms with Crippen LogP contribution in [-0.4, -0.2) is 34.0 Å². The molecule has 0 radical (unpaired) electrons. The number of halogens is 4. The SMILES string of the molecule is Cc1ccc(O)c(C2=NNC(O)(C(F)(F)C(F)F)C2)c1. The van der Waals surface area contributed by atoms with Crippen molar-refractivity contribution in [3.8, 4) is 5.75 Å². The molecule has 20 heavy (non-hydrogen) atoms. The van der Waals surface area contributed by atoms with E-state index in [2.05, 4.69) is 5.10 Å². The molecule has 0 fully saturated rings. The Labute approximate surface area is 111 Å². The molecule has 2 rings (SSSR count). The Kier molecular flexibility index (Phi) is 3.37. The lowest BCUT2D eigenvalue weighted by Gasteiger charge is -2.30. The highest BCUT2D eigenvalue weighted by molar-refractivity contribution is 6.04. The number of rotatable bonds is 3. The van der Waals surface area contributed by atoms with Crippen LogP contribution in [0.2, 0.25) is 0 Å². The van der Waals surface area contributed by atoms with Gasteiger partial charge in [0, 0.05) is 12.0 Å². The lowest BCUT2D eigenvalue weighted by atomic mass is 9.96. The molecule has 0 amide bonds. The van der Waals surface area contributed by atoms with E-state index in [4.69, 9.17) is 0 Å². The number of hydrogen-bond donors (Lipinski definition) is 3. The third kappa shape index (κ3) is 2.20. The quantitative estimate of drug-likeness (QED) is 0.746. The number of benzene rings is 1. The molecule has 1 aromatic carbocycles. The Bertz CT molecular complexity index is 562. The molecule has 0 saturated heterocycles. The summed E-state index contributed by atoms with van der Waals surface area (Å²) in [4.78, 5) is 0. The molecule has 0 spiro atoms. The molecule has 3 N–H and O–H groups in total. The van der Waals surface area contributed by atoms with Crippen molar-refractivity contribution in [3.63, 3.8) is 0 Å². The van der Waals surface area contributed by atoms with E-state index in [1.54, 1.807) is 18.4 Å². The van der Waals surface area contributed by atoms with Crippen LogP contribution in [-0.2, 0) is 0 Å². The van der Waals surface area contributed by atoms with Gasteiger partial charge in [0.1, 0.15) is 5.75 Å². The summed E-state index contributed by atoms with van der Waals surface area (Å²) in [6.07, 6.45) is -4.89. The summed E-state index contributed by atoms with van der Waals surface area (Å²) < 4.78 is 51.3. The zero-order chi connectivity index (χ0) is 15.1. The van der Waals surface area contributed by atoms with Crippen molar-refractivity contribution >= 4 is 5.71 Å². The highest BCUT2D eigenvalue weighted by Crippen LogP contribution is 2.39. The first kappa shape index (κ1) is 14.6. The summed E-state index contributed by atoms with van der Waals surface area (Å²) in [5.74, 6) is -4.90. The summed E-state index contributed by atoms with van der Waals surface area (Å²) in [7, 11) is 0. The van der Waals surface area contributed by atoms with Crippen molar-refractivity contribution in [2.45, 2.75) is 31.4 Å². The van der Waals surface area contributed by atoms with Crippen LogP contribution >= 0.6 is 0 Å². The third-order valence-electron chi connectivity index (χ3n) is 3.09. The van der Waals surface area contributed by atoms with E-state index >= 15 is 0 Å². The van der Waals surface area contributed by atoms with Crippen molar-refractivity contribution in [3.05, 3.63) is 29.3 Å². The standard InChI is InChI=1S/C12H12F4N2O2/c1-6-2-3-9(19)7(4-6)8-5-11(20,18-17-8)12(15,16)10(13)14/h2-4,10,18-20H,5H2,1H3. The Morgan fingerprint density at radius 3 is 2.65 bits per heavy atom. The summed E-state index contributed by atoms with van der Waals surface area (Å²) in [5.41, 5.74) is -0.810. The number of phenolic OH excluding ortho intramolecular Hbond substituents is 1. The predicted octanol–water partition coefficient (Wildman–Crippen LogP) is 1.99. The second kappa shape index (κ2) is 4.62. The molecule has 1 unspecified atom stereocenters. The van der Waals surface area contributed by atoms with Crippen LogP contribution in [0, 0.1) is 6.92 Å². The number of aliphatic hydroxyl groups is 1. The third-order valence-corrected chi connectivity index (χ3v) is 3.09. The van der Waals surface area contributed by atoms with Crippen molar-refractivity contribution in [2.24, 2.45) is 5.10 Å². The van der Waals surface area contributed by atoms with E-state index in [-0.39, 0.29) is 17.0 Å². The molecule has 1 aliphatic heterocycles. The van der Waals surface area contributed by atoms with Gasteiger partial charge in [0.15, 0.2) is 0 Å². The maximum atomic E-state index is 13.3. The Hall–Kier alpha value is -1.83. The molecular formula is C12H12F4N2O2. The number of phenols is 1. The summed E-state index contributed by atoms with van der Waals surface area (Å²) in [5, 5.41) is 22.7. The minimum absolute atomic E-state index is 0.110. The van der Waals surface area contributed by atoms with E-state index < -0.39 is 24.5 Å². The van der Waals surface area contributed by atoms with Crippen molar-refractivity contribution in [1.29, 1.82) is 0 Å². The van der Waals surface area contributed by atoms with Gasteiger partial charge in [-0.1, -0.05) is 11.6 Å². The summed E-state index contributed by atoms with van der Waals surface area (Å²) in [6.45, 7) is 1.70. The molecule has 1 aromatic rings. The first-order chi connectivity index (χ1) is 9.17. The topological polar surface area (TPSA) is 64.9 Å². The van der Waals surface area contributed by atoms with Crippen LogP contribution in [0.4, 0.5) is 17.6 Å². The predicted molar refractivity (Wildman–Crippen MR) is 63.0 cm³/mol. The zero-order valence-electron chi connectivity index (χ0n) is 10.4. The van der Waals surface area contributed by atoms with Crippen molar-refractivity contribution < 1.29 is 27.8 Å². The van der Waals surface area contributed by atoms with Crippen LogP contribution < -0.4 is 5.43 Å². The summed E-state index contributed by atoms with van der Waals surface area (Å²) >= 11 is 0. The number of nitrogens with zero attached hydrogens (tertiary/aromatic N) is 1. The van der Waals surface area contributed by atoms with Gasteiger partial charge in [-0.25, -0.2) is 8.78 Å². The minimum Gasteiger partial charge on any atom is -0.507 e. The monoisotopic (exact) mass is 292 g/mol. The van der Waals surface area contributed by atoms with Gasteiger partial charge in [-0.3, -0.25) is 5.43 Å². The van der Waals surface area contributed by atoms with Crippen LogP contribution in [0.15, 0.2) is 23.3 Å². The maximum Gasteiger partial charge on any atom is 0.355 e. The molecule has 1 heterocycles. The van der Waals surface area contributed by atoms with Gasteiger partial charge in [-0.15, -0.1) is 0 Å². The molecule has 110 valence electrons. The molecular weight excluding hydrogens is 280 g/mol. The number of aromatic hydroxyl groups is 1. The van der Waals surface area contributed by atoms with Crippen LogP contribution in [0.25, 0.3) is 0 Å². The minimum atomic E-state index is -4.67. The van der Waals surface area contributed by atoms with Gasteiger partial charge < -0.3 is 10.2 Å². The molecule has 4 nitrogen and oxygen atoms in total. The highest BCUT2D eigenvalue weighted by atomic mass is 19.3. The van der Waals surface area contributed by atoms with Crippen molar-refractivity contribution in [2.75, 3.05) is 0 Å². The number of aryl methyl sites for hydroxylation is 1. The molecule has 8 heteroatoms. The number of hydrazone groups is 1. The average Bonchev–Trinajstić information content (AvgIpc) is 2.76. The Morgan fingerprint density at radius 2 is 2.05 bits per heavy atom. The van der Waals surface area contributed by atoms with Gasteiger partial charge in [0.05, 0.1) is 5.71 Å². The average molecular weight is 292 g/mol. The first-order valence-electron chi connectivity index (χ1n) is 5.69. The van der Waals surface area contributed by atoms with E-state index in [9.17, 15) is 27.8 Å². The fourth-order valence-corrected chi connectivity index (χ4v) is 1.89. The van der Waals surface area contributed by atoms with Crippen LogP contribution in [0.3, 0.4) is 0 Å². The zero-order valence-corrected chi connectivity index (χ0v) is 10.4. The molecule has 0 aromatic heterocycles. The van der Waals surface area contributed by atoms with E-state index in [0.29, 0.717) is 0 Å². The molecule has 0 bridgehead atoms. The fraction of sp³-hybridized carbons (Fsp3) is 0.417. The first-order valence-corrected chi connectivity index (χ1v) is 5.69. The van der Waals surface area contributed by atoms with E-state index in [1.807, 2.05) is 0 Å². The second-order valence-corrected chi connectivity index (χ2v) is 4.65. The van der Waals surface area contributed by atoms with Crippen LogP contribution in [0.5, 0.6) is 5.75 Å². The van der Waals surface area contributed by atoms with Gasteiger partial charge in [0.2, 0.25) is 5.72 Å². The number of alkyl halides is 4. The van der Waals surface area contributed by atoms with Gasteiger partial charge >= 0.3 is 12.3 Å². The Morgan fingerprint density at radius 1 is 1.40 bits per heavy atom. The maximum absolute atomic E-state index is 13.3. The molecule has 0 aliphatic carbocycles. The van der Waals surface area contributed by atoms with Gasteiger partial charge in [-0.05, 0) is 19.1 Å². The number of nitrogens with one attached hydrogen (secondary N) is 1. The Balaban J connectivity index is 2.30. The normalized spacial score (nSPS) is 22.9. The van der Waals surface area contributed by atoms with Crippen molar-refractivity contribution in [1.82, 2.24) is 5.43 Å². The molecule has 1 atom stereocenters. The van der Waals surface area contributed by atoms with Crippen LogP contribution in [0.1, 0.15) is 17.5 Å². The molecule has 1 aliphatic rings. The van der Waals surface area contributed by atoms with Gasteiger partial charge in [-0.2, -0.15) is 13.9 Å². The largest absolute Gasteiger partial charge is 0.507 e. The second-order valence-electron chi connectivity index (χ2n) is 4.65. The van der Waals surface area contributed by atoms with Gasteiger partial charge in [0.25, 0.3) is 0 Å². The number of hydrogen-bond acceptors (Lipinski definition) is 4. The lowest BCUT2D eigenvalue weighted by Crippen LogP contribution is -2.58. The smallest absolute Gasteiger partial charge is 0.355 e. The molecule has 0 saturated carbocycles. The van der Waals surface area contributed by atoms with E-state index in [1.165, 1.54) is 12.1 Å². The van der Waals surface area contributed by atoms with E-state index in [0.717, 1.165) is 5.56 Å². The fourth-order valence-electron chi connectivity index (χ4n) is 1.89. The lowest BCUT2D eigenvalue weighted by molar-refractivity contribution is -0.248.